The molecule has 1 heterocycles. The van der Waals surface area contributed by atoms with Crippen LogP contribution in [0.3, 0.4) is 0 Å². The minimum atomic E-state index is -0.746. The van der Waals surface area contributed by atoms with Crippen molar-refractivity contribution in [3.05, 3.63) is 51.3 Å². The van der Waals surface area contributed by atoms with Crippen molar-refractivity contribution in [2.24, 2.45) is 0 Å². The Morgan fingerprint density at radius 2 is 1.92 bits per heavy atom. The lowest BCUT2D eigenvalue weighted by Crippen LogP contribution is -2.17. The standard InChI is InChI=1S/C19H19Cl2FN2O2/c1-26-16-7-6-12(13(8-22)17(16)11-4-2-3-5-11)19(25)24-18-14(20)9-23-10-15(18)21/h6-7,9-11H,2-5,8H2,1H3,(H,23,24,25). The summed E-state index contributed by atoms with van der Waals surface area (Å²) in [4.78, 5) is 16.7. The predicted molar refractivity (Wildman–Crippen MR) is 101 cm³/mol. The van der Waals surface area contributed by atoms with Crippen LogP contribution in [0.4, 0.5) is 10.1 Å². The minimum absolute atomic E-state index is 0.205. The molecule has 1 saturated carbocycles. The molecular weight excluding hydrogens is 378 g/mol. The van der Waals surface area contributed by atoms with Crippen LogP contribution in [0.5, 0.6) is 5.75 Å². The van der Waals surface area contributed by atoms with Crippen molar-refractivity contribution in [2.45, 2.75) is 38.3 Å². The van der Waals surface area contributed by atoms with E-state index in [0.29, 0.717) is 11.3 Å². The maximum absolute atomic E-state index is 14.0. The summed E-state index contributed by atoms with van der Waals surface area (Å²) in [5.74, 6) is 0.368. The number of alkyl halides is 1. The van der Waals surface area contributed by atoms with Crippen LogP contribution in [0.25, 0.3) is 0 Å². The van der Waals surface area contributed by atoms with Crippen molar-refractivity contribution in [3.8, 4) is 5.75 Å². The van der Waals surface area contributed by atoms with Crippen LogP contribution in [-0.4, -0.2) is 18.0 Å². The third-order valence-corrected chi connectivity index (χ3v) is 5.34. The maximum atomic E-state index is 14.0. The van der Waals surface area contributed by atoms with Gasteiger partial charge in [-0.1, -0.05) is 36.0 Å². The summed E-state index contributed by atoms with van der Waals surface area (Å²) >= 11 is 12.1. The molecule has 0 atom stereocenters. The van der Waals surface area contributed by atoms with Gasteiger partial charge in [0, 0.05) is 29.1 Å². The van der Waals surface area contributed by atoms with Gasteiger partial charge in [-0.05, 0) is 30.9 Å². The van der Waals surface area contributed by atoms with Gasteiger partial charge in [0.05, 0.1) is 22.8 Å². The number of hydrogen-bond donors (Lipinski definition) is 1. The first kappa shape index (κ1) is 18.9. The van der Waals surface area contributed by atoms with Crippen molar-refractivity contribution in [1.29, 1.82) is 0 Å². The van der Waals surface area contributed by atoms with Crippen molar-refractivity contribution in [2.75, 3.05) is 12.4 Å². The number of pyridine rings is 1. The second-order valence-corrected chi connectivity index (χ2v) is 7.07. The smallest absolute Gasteiger partial charge is 0.256 e. The lowest BCUT2D eigenvalue weighted by Gasteiger charge is -2.20. The summed E-state index contributed by atoms with van der Waals surface area (Å²) in [6.07, 6.45) is 6.90. The number of hydrogen-bond acceptors (Lipinski definition) is 3. The van der Waals surface area contributed by atoms with Gasteiger partial charge in [-0.3, -0.25) is 9.78 Å². The molecular formula is C19H19Cl2FN2O2. The average Bonchev–Trinajstić information content (AvgIpc) is 3.17. The van der Waals surface area contributed by atoms with Crippen LogP contribution in [-0.2, 0) is 6.67 Å². The number of rotatable bonds is 5. The number of nitrogens with zero attached hydrogens (tertiary/aromatic N) is 1. The summed E-state index contributed by atoms with van der Waals surface area (Å²) in [5, 5.41) is 3.11. The zero-order valence-corrected chi connectivity index (χ0v) is 15.8. The number of amides is 1. The fourth-order valence-electron chi connectivity index (χ4n) is 3.55. The van der Waals surface area contributed by atoms with Crippen molar-refractivity contribution in [3.63, 3.8) is 0 Å². The molecule has 1 N–H and O–H groups in total. The van der Waals surface area contributed by atoms with E-state index in [-0.39, 0.29) is 27.2 Å². The number of benzene rings is 1. The molecule has 3 rings (SSSR count). The Hall–Kier alpha value is -1.85. The van der Waals surface area contributed by atoms with Gasteiger partial charge in [-0.15, -0.1) is 0 Å². The molecule has 0 bridgehead atoms. The Labute approximate surface area is 161 Å². The highest BCUT2D eigenvalue weighted by Gasteiger charge is 2.27. The molecule has 7 heteroatoms. The lowest BCUT2D eigenvalue weighted by atomic mass is 9.89. The van der Waals surface area contributed by atoms with E-state index in [1.54, 1.807) is 19.2 Å². The molecule has 0 unspecified atom stereocenters. The maximum Gasteiger partial charge on any atom is 0.256 e. The van der Waals surface area contributed by atoms with Crippen LogP contribution in [0.1, 0.15) is 53.1 Å². The van der Waals surface area contributed by atoms with Gasteiger partial charge in [0.1, 0.15) is 12.4 Å². The molecule has 4 nitrogen and oxygen atoms in total. The first-order valence-corrected chi connectivity index (χ1v) is 9.18. The summed E-state index contributed by atoms with van der Waals surface area (Å²) in [7, 11) is 1.56. The van der Waals surface area contributed by atoms with Crippen molar-refractivity contribution < 1.29 is 13.9 Å². The highest BCUT2D eigenvalue weighted by molar-refractivity contribution is 6.39. The van der Waals surface area contributed by atoms with Gasteiger partial charge in [0.15, 0.2) is 0 Å². The average molecular weight is 397 g/mol. The second kappa shape index (κ2) is 8.23. The quantitative estimate of drug-likeness (QED) is 0.696. The zero-order valence-electron chi connectivity index (χ0n) is 14.3. The number of ether oxygens (including phenoxy) is 1. The Morgan fingerprint density at radius 1 is 1.27 bits per heavy atom. The van der Waals surface area contributed by atoms with Gasteiger partial charge >= 0.3 is 0 Å². The Kier molecular flexibility index (Phi) is 5.99. The van der Waals surface area contributed by atoms with Crippen LogP contribution >= 0.6 is 23.2 Å². The molecule has 2 aromatic rings. The normalized spacial score (nSPS) is 14.5. The summed E-state index contributed by atoms with van der Waals surface area (Å²) < 4.78 is 19.4. The SMILES string of the molecule is COc1ccc(C(=O)Nc2c(Cl)cncc2Cl)c(CF)c1C1CCCC1. The van der Waals surface area contributed by atoms with Crippen molar-refractivity contribution in [1.82, 2.24) is 4.98 Å². The largest absolute Gasteiger partial charge is 0.496 e. The molecule has 1 aromatic heterocycles. The lowest BCUT2D eigenvalue weighted by molar-refractivity contribution is 0.102. The number of anilines is 1. The van der Waals surface area contributed by atoms with Gasteiger partial charge in [0.2, 0.25) is 0 Å². The van der Waals surface area contributed by atoms with Crippen LogP contribution in [0, 0.1) is 0 Å². The Morgan fingerprint density at radius 3 is 2.50 bits per heavy atom. The number of carbonyl (C=O) groups is 1. The molecule has 26 heavy (non-hydrogen) atoms. The van der Waals surface area contributed by atoms with E-state index in [1.807, 2.05) is 0 Å². The molecule has 0 saturated heterocycles. The highest BCUT2D eigenvalue weighted by atomic mass is 35.5. The first-order chi connectivity index (χ1) is 12.6. The van der Waals surface area contributed by atoms with Crippen LogP contribution in [0.15, 0.2) is 24.5 Å². The minimum Gasteiger partial charge on any atom is -0.496 e. The van der Waals surface area contributed by atoms with Gasteiger partial charge in [0.25, 0.3) is 5.91 Å². The summed E-state index contributed by atoms with van der Waals surface area (Å²) in [6.45, 7) is -0.746. The molecule has 138 valence electrons. The number of nitrogens with one attached hydrogen (secondary N) is 1. The van der Waals surface area contributed by atoms with E-state index in [9.17, 15) is 9.18 Å². The molecule has 1 aromatic carbocycles. The fraction of sp³-hybridized carbons (Fsp3) is 0.368. The van der Waals surface area contributed by atoms with Crippen LogP contribution in [0.2, 0.25) is 10.0 Å². The monoisotopic (exact) mass is 396 g/mol. The van der Waals surface area contributed by atoms with E-state index < -0.39 is 12.6 Å². The Balaban J connectivity index is 2.01. The topological polar surface area (TPSA) is 51.2 Å². The third kappa shape index (κ3) is 3.64. The zero-order chi connectivity index (χ0) is 18.7. The van der Waals surface area contributed by atoms with Gasteiger partial charge in [-0.25, -0.2) is 4.39 Å². The summed E-state index contributed by atoms with van der Waals surface area (Å²) in [6, 6.07) is 3.29. The molecule has 1 aliphatic carbocycles. The molecule has 1 aliphatic rings. The number of aromatic nitrogens is 1. The van der Waals surface area contributed by atoms with E-state index >= 15 is 0 Å². The fourth-order valence-corrected chi connectivity index (χ4v) is 4.01. The molecule has 0 aliphatic heterocycles. The molecule has 0 radical (unpaired) electrons. The van der Waals surface area contributed by atoms with Gasteiger partial charge < -0.3 is 10.1 Å². The third-order valence-electron chi connectivity index (χ3n) is 4.77. The highest BCUT2D eigenvalue weighted by Crippen LogP contribution is 2.42. The number of methoxy groups -OCH3 is 1. The van der Waals surface area contributed by atoms with Crippen LogP contribution < -0.4 is 10.1 Å². The van der Waals surface area contributed by atoms with Gasteiger partial charge in [-0.2, -0.15) is 0 Å². The second-order valence-electron chi connectivity index (χ2n) is 6.25. The molecule has 1 fully saturated rings. The summed E-state index contributed by atoms with van der Waals surface area (Å²) in [5.41, 5.74) is 1.69. The van der Waals surface area contributed by atoms with E-state index in [1.165, 1.54) is 12.4 Å². The van der Waals surface area contributed by atoms with Crippen molar-refractivity contribution >= 4 is 34.8 Å². The Bertz CT molecular complexity index is 803. The first-order valence-electron chi connectivity index (χ1n) is 8.42. The van der Waals surface area contributed by atoms with E-state index in [2.05, 4.69) is 10.3 Å². The van der Waals surface area contributed by atoms with E-state index in [0.717, 1.165) is 31.2 Å². The molecule has 1 amide bonds. The predicted octanol–water partition coefficient (Wildman–Crippen LogP) is 5.78. The molecule has 0 spiro atoms. The van der Waals surface area contributed by atoms with E-state index in [4.69, 9.17) is 27.9 Å². The number of carbonyl (C=O) groups excluding carboxylic acids is 1. The number of halogens is 3.